The molecule has 6 heteroatoms. The number of esters is 1. The van der Waals surface area contributed by atoms with Gasteiger partial charge in [-0.05, 0) is 43.7 Å². The minimum Gasteiger partial charge on any atom is -0.456 e. The van der Waals surface area contributed by atoms with Crippen molar-refractivity contribution in [1.82, 2.24) is 5.32 Å². The number of amides is 1. The molecule has 0 aliphatic heterocycles. The molecule has 5 nitrogen and oxygen atoms in total. The van der Waals surface area contributed by atoms with Crippen LogP contribution in [0.1, 0.15) is 31.8 Å². The Bertz CT molecular complexity index is 817. The van der Waals surface area contributed by atoms with Gasteiger partial charge in [-0.15, -0.1) is 0 Å². The molecule has 0 heterocycles. The van der Waals surface area contributed by atoms with Gasteiger partial charge >= 0.3 is 5.97 Å². The molecule has 1 N–H and O–H groups in total. The minimum absolute atomic E-state index is 0.0965. The molecular formula is C19H18FNO4. The van der Waals surface area contributed by atoms with Gasteiger partial charge in [0.15, 0.2) is 6.61 Å². The lowest BCUT2D eigenvalue weighted by atomic mass is 10.0. The summed E-state index contributed by atoms with van der Waals surface area (Å²) >= 11 is 0. The van der Waals surface area contributed by atoms with Crippen molar-refractivity contribution in [2.75, 3.05) is 13.2 Å². The molecule has 0 aliphatic rings. The predicted octanol–water partition coefficient (Wildman–Crippen LogP) is 2.60. The van der Waals surface area contributed by atoms with E-state index in [4.69, 9.17) is 4.74 Å². The van der Waals surface area contributed by atoms with E-state index in [-0.39, 0.29) is 11.3 Å². The van der Waals surface area contributed by atoms with Crippen molar-refractivity contribution >= 4 is 17.7 Å². The van der Waals surface area contributed by atoms with Crippen LogP contribution in [0.5, 0.6) is 0 Å². The van der Waals surface area contributed by atoms with Crippen LogP contribution in [0.2, 0.25) is 0 Å². The van der Waals surface area contributed by atoms with Crippen LogP contribution in [0, 0.1) is 19.7 Å². The number of halogens is 1. The number of ketones is 1. The highest BCUT2D eigenvalue weighted by Crippen LogP contribution is 2.11. The number of hydrogen-bond acceptors (Lipinski definition) is 4. The first-order valence-electron chi connectivity index (χ1n) is 7.66. The van der Waals surface area contributed by atoms with Crippen molar-refractivity contribution in [1.29, 1.82) is 0 Å². The summed E-state index contributed by atoms with van der Waals surface area (Å²) in [5, 5.41) is 2.32. The van der Waals surface area contributed by atoms with Gasteiger partial charge in [0.1, 0.15) is 12.4 Å². The number of carbonyl (C=O) groups is 3. The third kappa shape index (κ3) is 5.24. The normalized spacial score (nSPS) is 10.2. The average molecular weight is 343 g/mol. The standard InChI is InChI=1S/C19H18FNO4/c1-12-6-7-13(2)16(8-12)17(22)11-25-18(23)10-21-19(24)14-4-3-5-15(20)9-14/h3-9H,10-11H2,1-2H3,(H,21,24). The highest BCUT2D eigenvalue weighted by Gasteiger charge is 2.14. The number of benzene rings is 2. The molecule has 1 amide bonds. The van der Waals surface area contributed by atoms with E-state index in [1.807, 2.05) is 19.1 Å². The van der Waals surface area contributed by atoms with Gasteiger partial charge < -0.3 is 10.1 Å². The van der Waals surface area contributed by atoms with Gasteiger partial charge in [-0.3, -0.25) is 14.4 Å². The van der Waals surface area contributed by atoms with E-state index in [9.17, 15) is 18.8 Å². The molecule has 0 aliphatic carbocycles. The van der Waals surface area contributed by atoms with E-state index in [1.165, 1.54) is 18.2 Å². The summed E-state index contributed by atoms with van der Waals surface area (Å²) < 4.78 is 17.9. The zero-order chi connectivity index (χ0) is 18.4. The Morgan fingerprint density at radius 3 is 2.56 bits per heavy atom. The fourth-order valence-corrected chi connectivity index (χ4v) is 2.20. The van der Waals surface area contributed by atoms with Crippen molar-refractivity contribution in [3.8, 4) is 0 Å². The first kappa shape index (κ1) is 18.3. The van der Waals surface area contributed by atoms with Crippen molar-refractivity contribution in [3.63, 3.8) is 0 Å². The zero-order valence-electron chi connectivity index (χ0n) is 14.0. The second kappa shape index (κ2) is 8.19. The van der Waals surface area contributed by atoms with Crippen LogP contribution in [0.25, 0.3) is 0 Å². The van der Waals surface area contributed by atoms with E-state index in [0.29, 0.717) is 5.56 Å². The first-order valence-corrected chi connectivity index (χ1v) is 7.66. The summed E-state index contributed by atoms with van der Waals surface area (Å²) in [6, 6.07) is 10.5. The summed E-state index contributed by atoms with van der Waals surface area (Å²) in [4.78, 5) is 35.6. The molecule has 0 saturated heterocycles. The first-order chi connectivity index (χ1) is 11.9. The minimum atomic E-state index is -0.747. The summed E-state index contributed by atoms with van der Waals surface area (Å²) in [5.41, 5.74) is 2.32. The second-order valence-corrected chi connectivity index (χ2v) is 5.60. The predicted molar refractivity (Wildman–Crippen MR) is 89.9 cm³/mol. The highest BCUT2D eigenvalue weighted by atomic mass is 19.1. The van der Waals surface area contributed by atoms with Crippen molar-refractivity contribution in [2.45, 2.75) is 13.8 Å². The molecule has 130 valence electrons. The van der Waals surface area contributed by atoms with Crippen LogP contribution >= 0.6 is 0 Å². The number of hydrogen-bond donors (Lipinski definition) is 1. The number of ether oxygens (including phenoxy) is 1. The van der Waals surface area contributed by atoms with Gasteiger partial charge in [0, 0.05) is 11.1 Å². The third-order valence-electron chi connectivity index (χ3n) is 3.54. The van der Waals surface area contributed by atoms with Crippen molar-refractivity contribution in [2.24, 2.45) is 0 Å². The Hall–Kier alpha value is -3.02. The quantitative estimate of drug-likeness (QED) is 0.646. The Labute approximate surface area is 144 Å². The van der Waals surface area contributed by atoms with Gasteiger partial charge in [0.2, 0.25) is 5.78 Å². The topological polar surface area (TPSA) is 72.5 Å². The lowest BCUT2D eigenvalue weighted by Crippen LogP contribution is -2.31. The van der Waals surface area contributed by atoms with Gasteiger partial charge in [-0.2, -0.15) is 0 Å². The van der Waals surface area contributed by atoms with Crippen LogP contribution in [0.15, 0.2) is 42.5 Å². The smallest absolute Gasteiger partial charge is 0.325 e. The molecule has 2 aromatic carbocycles. The molecule has 0 bridgehead atoms. The third-order valence-corrected chi connectivity index (χ3v) is 3.54. The summed E-state index contributed by atoms with van der Waals surface area (Å²) in [5.74, 6) is -2.21. The Balaban J connectivity index is 1.83. The van der Waals surface area contributed by atoms with Crippen LogP contribution in [0.3, 0.4) is 0 Å². The molecule has 0 radical (unpaired) electrons. The van der Waals surface area contributed by atoms with Crippen LogP contribution in [-0.4, -0.2) is 30.8 Å². The molecular weight excluding hydrogens is 325 g/mol. The highest BCUT2D eigenvalue weighted by molar-refractivity contribution is 6.00. The molecule has 0 saturated carbocycles. The summed E-state index contributed by atoms with van der Waals surface area (Å²) in [6.45, 7) is 2.85. The molecule has 0 spiro atoms. The lowest BCUT2D eigenvalue weighted by molar-refractivity contribution is -0.141. The zero-order valence-corrected chi connectivity index (χ0v) is 14.0. The molecule has 2 rings (SSSR count). The number of nitrogens with one attached hydrogen (secondary N) is 1. The molecule has 2 aromatic rings. The van der Waals surface area contributed by atoms with Gasteiger partial charge in [-0.25, -0.2) is 4.39 Å². The number of Topliss-reactive ketones (excluding diaryl/α,β-unsaturated/α-hetero) is 1. The molecule has 0 unspecified atom stereocenters. The maximum absolute atomic E-state index is 13.0. The maximum Gasteiger partial charge on any atom is 0.325 e. The molecule has 25 heavy (non-hydrogen) atoms. The van der Waals surface area contributed by atoms with E-state index in [2.05, 4.69) is 5.32 Å². The lowest BCUT2D eigenvalue weighted by Gasteiger charge is -2.08. The Morgan fingerprint density at radius 1 is 1.08 bits per heavy atom. The van der Waals surface area contributed by atoms with E-state index in [0.717, 1.165) is 17.2 Å². The fourth-order valence-electron chi connectivity index (χ4n) is 2.20. The van der Waals surface area contributed by atoms with Crippen LogP contribution in [0.4, 0.5) is 4.39 Å². The average Bonchev–Trinajstić information content (AvgIpc) is 2.59. The SMILES string of the molecule is Cc1ccc(C)c(C(=O)COC(=O)CNC(=O)c2cccc(F)c2)c1. The van der Waals surface area contributed by atoms with Crippen LogP contribution in [-0.2, 0) is 9.53 Å². The molecule has 0 atom stereocenters. The van der Waals surface area contributed by atoms with Gasteiger partial charge in [0.25, 0.3) is 5.91 Å². The Kier molecular flexibility index (Phi) is 6.00. The van der Waals surface area contributed by atoms with E-state index < -0.39 is 30.8 Å². The number of rotatable bonds is 6. The van der Waals surface area contributed by atoms with Crippen molar-refractivity contribution < 1.29 is 23.5 Å². The fraction of sp³-hybridized carbons (Fsp3) is 0.211. The van der Waals surface area contributed by atoms with Gasteiger partial charge in [-0.1, -0.05) is 23.8 Å². The monoisotopic (exact) mass is 343 g/mol. The van der Waals surface area contributed by atoms with E-state index in [1.54, 1.807) is 13.0 Å². The molecule has 0 fully saturated rings. The number of carbonyl (C=O) groups excluding carboxylic acids is 3. The molecule has 0 aromatic heterocycles. The maximum atomic E-state index is 13.0. The van der Waals surface area contributed by atoms with Gasteiger partial charge in [0.05, 0.1) is 0 Å². The van der Waals surface area contributed by atoms with Crippen molar-refractivity contribution in [3.05, 3.63) is 70.5 Å². The second-order valence-electron chi connectivity index (χ2n) is 5.60. The Morgan fingerprint density at radius 2 is 1.84 bits per heavy atom. The van der Waals surface area contributed by atoms with Crippen LogP contribution < -0.4 is 5.32 Å². The number of aryl methyl sites for hydroxylation is 2. The largest absolute Gasteiger partial charge is 0.456 e. The van der Waals surface area contributed by atoms with E-state index >= 15 is 0 Å². The summed E-state index contributed by atoms with van der Waals surface area (Å²) in [6.07, 6.45) is 0. The summed E-state index contributed by atoms with van der Waals surface area (Å²) in [7, 11) is 0.